The van der Waals surface area contributed by atoms with Gasteiger partial charge in [0.25, 0.3) is 5.56 Å². The van der Waals surface area contributed by atoms with Gasteiger partial charge in [-0.2, -0.15) is 0 Å². The number of carbonyl (C=O) groups is 1. The number of hydrogen-bond donors (Lipinski definition) is 1. The molecule has 1 amide bonds. The average Bonchev–Trinajstić information content (AvgIpc) is 3.45. The first-order valence-corrected chi connectivity index (χ1v) is 13.5. The summed E-state index contributed by atoms with van der Waals surface area (Å²) in [7, 11) is 3.62. The molecule has 1 aliphatic heterocycles. The fourth-order valence-electron chi connectivity index (χ4n) is 5.59. The first-order valence-electron chi connectivity index (χ1n) is 13.5. The number of nitrogens with one attached hydrogen (secondary N) is 1. The lowest BCUT2D eigenvalue weighted by Gasteiger charge is -2.44. The molecule has 0 radical (unpaired) electrons. The van der Waals surface area contributed by atoms with Crippen molar-refractivity contribution < 1.29 is 9.53 Å². The van der Waals surface area contributed by atoms with Gasteiger partial charge in [-0.15, -0.1) is 0 Å². The molecule has 0 aliphatic carbocycles. The molecular weight excluding hydrogens is 502 g/mol. The number of fused-ring (bicyclic) bond motifs is 2. The second-order valence-electron chi connectivity index (χ2n) is 11.0. The lowest BCUT2D eigenvalue weighted by molar-refractivity contribution is -0.147. The van der Waals surface area contributed by atoms with Crippen LogP contribution in [-0.2, 0) is 11.8 Å². The molecule has 204 valence electrons. The minimum absolute atomic E-state index is 0.0546. The molecule has 0 bridgehead atoms. The van der Waals surface area contributed by atoms with E-state index < -0.39 is 5.54 Å². The van der Waals surface area contributed by atoms with Gasteiger partial charge in [0, 0.05) is 62.5 Å². The maximum atomic E-state index is 12.5. The Bertz CT molecular complexity index is 1780. The van der Waals surface area contributed by atoms with Crippen LogP contribution in [-0.4, -0.2) is 69.1 Å². The molecule has 3 aromatic heterocycles. The largest absolute Gasteiger partial charge is 0.492 e. The predicted molar refractivity (Wildman–Crippen MR) is 158 cm³/mol. The van der Waals surface area contributed by atoms with Gasteiger partial charge < -0.3 is 19.2 Å². The highest BCUT2D eigenvalue weighted by Gasteiger charge is 2.40. The number of likely N-dealkylation sites (N-methyl/N-ethyl adjacent to an activating group) is 1. The number of hydrogen-bond acceptors (Lipinski definition) is 5. The summed E-state index contributed by atoms with van der Waals surface area (Å²) in [5.41, 5.74) is 4.85. The smallest absolute Gasteiger partial charge is 0.274 e. The van der Waals surface area contributed by atoms with E-state index >= 15 is 0 Å². The van der Waals surface area contributed by atoms with Crippen molar-refractivity contribution in [3.63, 3.8) is 0 Å². The molecule has 4 heterocycles. The first kappa shape index (κ1) is 25.8. The van der Waals surface area contributed by atoms with E-state index in [0.717, 1.165) is 57.5 Å². The zero-order valence-corrected chi connectivity index (χ0v) is 23.3. The fraction of sp³-hybridized carbons (Fsp3) is 0.281. The van der Waals surface area contributed by atoms with Crippen LogP contribution in [0.5, 0.6) is 5.75 Å². The lowest BCUT2D eigenvalue weighted by atomic mass is 9.98. The zero-order chi connectivity index (χ0) is 28.0. The monoisotopic (exact) mass is 535 g/mol. The first-order chi connectivity index (χ1) is 19.2. The molecule has 1 aliphatic rings. The topological polar surface area (TPSA) is 83.5 Å². The molecule has 0 atom stereocenters. The number of aromatic nitrogens is 3. The molecule has 8 heteroatoms. The number of H-pyrrole nitrogens is 1. The summed E-state index contributed by atoms with van der Waals surface area (Å²) in [4.78, 5) is 36.9. The summed E-state index contributed by atoms with van der Waals surface area (Å²) >= 11 is 0. The maximum Gasteiger partial charge on any atom is 0.274 e. The molecule has 0 spiro atoms. The van der Waals surface area contributed by atoms with Crippen molar-refractivity contribution in [2.75, 3.05) is 33.3 Å². The average molecular weight is 536 g/mol. The molecule has 8 nitrogen and oxygen atoms in total. The van der Waals surface area contributed by atoms with Gasteiger partial charge in [0.2, 0.25) is 5.91 Å². The molecule has 1 fully saturated rings. The van der Waals surface area contributed by atoms with Gasteiger partial charge in [-0.3, -0.25) is 14.5 Å². The highest BCUT2D eigenvalue weighted by Crippen LogP contribution is 2.30. The molecule has 5 aromatic rings. The molecule has 40 heavy (non-hydrogen) atoms. The van der Waals surface area contributed by atoms with Crippen molar-refractivity contribution >= 4 is 27.7 Å². The van der Waals surface area contributed by atoms with E-state index in [-0.39, 0.29) is 11.5 Å². The second kappa shape index (κ2) is 9.95. The Morgan fingerprint density at radius 3 is 2.52 bits per heavy atom. The Hall–Kier alpha value is -4.43. The van der Waals surface area contributed by atoms with Crippen LogP contribution in [0.2, 0.25) is 0 Å². The summed E-state index contributed by atoms with van der Waals surface area (Å²) in [6.07, 6.45) is 3.63. The van der Waals surface area contributed by atoms with Gasteiger partial charge in [-0.1, -0.05) is 24.3 Å². The number of pyridine rings is 2. The van der Waals surface area contributed by atoms with Crippen LogP contribution < -0.4 is 10.3 Å². The molecule has 0 unspecified atom stereocenters. The number of rotatable bonds is 6. The Labute approximate surface area is 232 Å². The van der Waals surface area contributed by atoms with Gasteiger partial charge in [0.1, 0.15) is 17.9 Å². The van der Waals surface area contributed by atoms with Gasteiger partial charge in [-0.25, -0.2) is 4.98 Å². The number of ether oxygens (including phenoxy) is 1. The van der Waals surface area contributed by atoms with Crippen molar-refractivity contribution in [2.45, 2.75) is 19.4 Å². The Morgan fingerprint density at radius 1 is 0.950 bits per heavy atom. The lowest BCUT2D eigenvalue weighted by Crippen LogP contribution is -2.62. The van der Waals surface area contributed by atoms with Crippen LogP contribution >= 0.6 is 0 Å². The van der Waals surface area contributed by atoms with E-state index in [1.54, 1.807) is 22.7 Å². The van der Waals surface area contributed by atoms with Crippen molar-refractivity contribution in [2.24, 2.45) is 7.05 Å². The minimum Gasteiger partial charge on any atom is -0.492 e. The zero-order valence-electron chi connectivity index (χ0n) is 23.3. The summed E-state index contributed by atoms with van der Waals surface area (Å²) in [5, 5.41) is 1.91. The Morgan fingerprint density at radius 2 is 1.73 bits per heavy atom. The quantitative estimate of drug-likeness (QED) is 0.341. The fourth-order valence-corrected chi connectivity index (χ4v) is 5.59. The van der Waals surface area contributed by atoms with Crippen LogP contribution in [0.3, 0.4) is 0 Å². The summed E-state index contributed by atoms with van der Waals surface area (Å²) in [6, 6.07) is 20.4. The SMILES string of the molecule is CN1CCN(CCOc2ccc(-c3ccc4nc(-c5cn(C)c(=O)c6[nH]ccc56)ccc4c3)cc2)C(C)(C)C1=O. The van der Waals surface area contributed by atoms with Crippen molar-refractivity contribution in [1.82, 2.24) is 24.3 Å². The van der Waals surface area contributed by atoms with Crippen LogP contribution in [0.1, 0.15) is 13.8 Å². The number of benzene rings is 2. The van der Waals surface area contributed by atoms with Crippen LogP contribution in [0.25, 0.3) is 44.2 Å². The number of carbonyl (C=O) groups excluding carboxylic acids is 1. The summed E-state index contributed by atoms with van der Waals surface area (Å²) < 4.78 is 7.61. The normalized spacial score (nSPS) is 15.7. The second-order valence-corrected chi connectivity index (χ2v) is 11.0. The van der Waals surface area contributed by atoms with Crippen LogP contribution in [0, 0.1) is 0 Å². The number of aromatic amines is 1. The summed E-state index contributed by atoms with van der Waals surface area (Å²) in [5.74, 6) is 0.956. The Balaban J connectivity index is 1.16. The van der Waals surface area contributed by atoms with Gasteiger partial charge >= 0.3 is 0 Å². The van der Waals surface area contributed by atoms with E-state index in [2.05, 4.69) is 40.2 Å². The van der Waals surface area contributed by atoms with E-state index in [4.69, 9.17) is 9.72 Å². The molecule has 1 saturated heterocycles. The molecular formula is C32H33N5O3. The molecule has 6 rings (SSSR count). The molecule has 0 saturated carbocycles. The Kier molecular flexibility index (Phi) is 6.43. The third kappa shape index (κ3) is 4.54. The van der Waals surface area contributed by atoms with E-state index in [9.17, 15) is 9.59 Å². The van der Waals surface area contributed by atoms with Gasteiger partial charge in [0.15, 0.2) is 0 Å². The van der Waals surface area contributed by atoms with E-state index in [1.165, 1.54) is 0 Å². The molecule has 1 N–H and O–H groups in total. The number of nitrogens with zero attached hydrogens (tertiary/aromatic N) is 4. The van der Waals surface area contributed by atoms with Crippen LogP contribution in [0.15, 0.2) is 77.9 Å². The number of aryl methyl sites for hydroxylation is 1. The van der Waals surface area contributed by atoms with Gasteiger partial charge in [0.05, 0.1) is 16.7 Å². The minimum atomic E-state index is -0.514. The molecule has 2 aromatic carbocycles. The van der Waals surface area contributed by atoms with Crippen molar-refractivity contribution in [1.29, 1.82) is 0 Å². The van der Waals surface area contributed by atoms with Crippen LogP contribution in [0.4, 0.5) is 0 Å². The van der Waals surface area contributed by atoms with Crippen molar-refractivity contribution in [3.05, 3.63) is 83.4 Å². The standard InChI is InChI=1S/C32H33N5O3/c1-32(2)31(39)35(3)15-16-37(32)17-18-40-24-9-5-21(6-10-24)22-7-11-27-23(19-22)8-12-28(34-27)26-20-36(4)30(38)29-25(26)13-14-33-29/h5-14,19-20,33H,15-18H2,1-4H3. The van der Waals surface area contributed by atoms with Crippen molar-refractivity contribution in [3.8, 4) is 28.1 Å². The van der Waals surface area contributed by atoms with E-state index in [1.807, 2.05) is 57.4 Å². The van der Waals surface area contributed by atoms with Gasteiger partial charge in [-0.05, 0) is 61.4 Å². The highest BCUT2D eigenvalue weighted by atomic mass is 16.5. The summed E-state index contributed by atoms with van der Waals surface area (Å²) in [6.45, 7) is 6.76. The third-order valence-corrected chi connectivity index (χ3v) is 8.04. The third-order valence-electron chi connectivity index (χ3n) is 8.04. The van der Waals surface area contributed by atoms with E-state index in [0.29, 0.717) is 18.7 Å². The number of piperazine rings is 1. The highest BCUT2D eigenvalue weighted by molar-refractivity contribution is 5.95. The maximum absolute atomic E-state index is 12.5. The predicted octanol–water partition coefficient (Wildman–Crippen LogP) is 4.68. The number of amides is 1.